The third kappa shape index (κ3) is 4.84. The van der Waals surface area contributed by atoms with Crippen LogP contribution in [0, 0.1) is 0 Å². The first-order chi connectivity index (χ1) is 13.7. The van der Waals surface area contributed by atoms with Crippen LogP contribution in [0.3, 0.4) is 0 Å². The van der Waals surface area contributed by atoms with E-state index in [9.17, 15) is 4.79 Å². The highest BCUT2D eigenvalue weighted by Gasteiger charge is 2.36. The van der Waals surface area contributed by atoms with Crippen LogP contribution in [0.15, 0.2) is 18.2 Å². The average Bonchev–Trinajstić information content (AvgIpc) is 3.33. The van der Waals surface area contributed by atoms with Gasteiger partial charge in [0, 0.05) is 17.6 Å². The zero-order valence-corrected chi connectivity index (χ0v) is 17.3. The fraction of sp³-hybridized carbons (Fsp3) is 0.636. The number of anilines is 1. The second-order valence-corrected chi connectivity index (χ2v) is 9.41. The molecule has 3 aliphatic rings. The number of amides is 1. The number of fused-ring (bicyclic) bond motifs is 1. The number of rotatable bonds is 3. The summed E-state index contributed by atoms with van der Waals surface area (Å²) in [7, 11) is 0. The zero-order chi connectivity index (χ0) is 19.3. The van der Waals surface area contributed by atoms with Gasteiger partial charge in [-0.1, -0.05) is 38.5 Å². The number of aromatic nitrogens is 1. The summed E-state index contributed by atoms with van der Waals surface area (Å²) in [5.74, 6) is 0.579. The molecule has 2 aliphatic carbocycles. The summed E-state index contributed by atoms with van der Waals surface area (Å²) in [6, 6.07) is 6.31. The van der Waals surface area contributed by atoms with E-state index in [1.54, 1.807) is 17.4 Å². The highest BCUT2D eigenvalue weighted by atomic mass is 32.1. The molecule has 2 heterocycles. The van der Waals surface area contributed by atoms with Gasteiger partial charge in [-0.25, -0.2) is 9.78 Å². The molecule has 2 N–H and O–H groups in total. The van der Waals surface area contributed by atoms with Crippen LogP contribution < -0.4 is 5.32 Å². The summed E-state index contributed by atoms with van der Waals surface area (Å²) < 4.78 is 1.06. The lowest BCUT2D eigenvalue weighted by molar-refractivity contribution is 0.0888. The Morgan fingerprint density at radius 1 is 1.04 bits per heavy atom. The van der Waals surface area contributed by atoms with Gasteiger partial charge in [0.15, 0.2) is 0 Å². The second-order valence-electron chi connectivity index (χ2n) is 8.35. The van der Waals surface area contributed by atoms with E-state index in [2.05, 4.69) is 10.2 Å². The summed E-state index contributed by atoms with van der Waals surface area (Å²) in [5.41, 5.74) is 1.59. The van der Waals surface area contributed by atoms with Gasteiger partial charge < -0.3 is 10.0 Å². The molecule has 5 nitrogen and oxygen atoms in total. The number of thiazole rings is 1. The van der Waals surface area contributed by atoms with Crippen LogP contribution in [0.2, 0.25) is 0 Å². The monoisotopic (exact) mass is 401 g/mol. The number of carboxylic acid groups (broad SMARTS) is 1. The van der Waals surface area contributed by atoms with Crippen LogP contribution in [-0.2, 0) is 0 Å². The lowest BCUT2D eigenvalue weighted by Gasteiger charge is -2.43. The van der Waals surface area contributed by atoms with Gasteiger partial charge in [-0.3, -0.25) is 5.32 Å². The topological polar surface area (TPSA) is 65.5 Å². The van der Waals surface area contributed by atoms with E-state index >= 15 is 0 Å². The molecule has 1 aromatic heterocycles. The molecule has 0 unspecified atom stereocenters. The number of piperidine rings is 1. The molecule has 152 valence electrons. The summed E-state index contributed by atoms with van der Waals surface area (Å²) in [6.07, 6.45) is 13.0. The Morgan fingerprint density at radius 3 is 2.32 bits per heavy atom. The standard InChI is InChI=1S/C17H21N3O2S.C5H10/c21-17(22)18-12-4-5-14-15(10-12)23-16(19-14)11-8-13(9-11)20-6-2-1-3-7-20;1-2-4-5-3-1/h4-5,10-11,13,18H,1-3,6-9H2,(H,21,22);1-5H2. The van der Waals surface area contributed by atoms with Crippen LogP contribution >= 0.6 is 11.3 Å². The van der Waals surface area contributed by atoms with Crippen molar-refractivity contribution in [1.82, 2.24) is 9.88 Å². The van der Waals surface area contributed by atoms with E-state index in [1.807, 2.05) is 12.1 Å². The molecule has 2 aromatic rings. The molecule has 28 heavy (non-hydrogen) atoms. The molecular formula is C22H31N3O2S. The van der Waals surface area contributed by atoms with Crippen molar-refractivity contribution in [1.29, 1.82) is 0 Å². The van der Waals surface area contributed by atoms with Crippen molar-refractivity contribution >= 4 is 33.3 Å². The molecule has 1 saturated heterocycles. The van der Waals surface area contributed by atoms with E-state index in [0.29, 0.717) is 11.6 Å². The molecule has 1 aliphatic heterocycles. The Bertz CT molecular complexity index is 783. The van der Waals surface area contributed by atoms with Crippen LogP contribution in [0.4, 0.5) is 10.5 Å². The van der Waals surface area contributed by atoms with Gasteiger partial charge in [0.25, 0.3) is 0 Å². The van der Waals surface area contributed by atoms with Gasteiger partial charge in [-0.15, -0.1) is 11.3 Å². The van der Waals surface area contributed by atoms with Crippen molar-refractivity contribution in [2.75, 3.05) is 18.4 Å². The molecule has 1 aromatic carbocycles. The summed E-state index contributed by atoms with van der Waals surface area (Å²) >= 11 is 1.71. The minimum Gasteiger partial charge on any atom is -0.465 e. The van der Waals surface area contributed by atoms with Crippen LogP contribution in [0.1, 0.15) is 75.1 Å². The summed E-state index contributed by atoms with van der Waals surface area (Å²) in [4.78, 5) is 18.1. The van der Waals surface area contributed by atoms with Crippen molar-refractivity contribution in [2.45, 2.75) is 76.2 Å². The lowest BCUT2D eigenvalue weighted by atomic mass is 9.79. The predicted octanol–water partition coefficient (Wildman–Crippen LogP) is 6.07. The fourth-order valence-corrected chi connectivity index (χ4v) is 5.71. The predicted molar refractivity (Wildman–Crippen MR) is 116 cm³/mol. The number of nitrogens with zero attached hydrogens (tertiary/aromatic N) is 2. The van der Waals surface area contributed by atoms with Gasteiger partial charge in [-0.05, 0) is 57.0 Å². The van der Waals surface area contributed by atoms with Crippen molar-refractivity contribution in [3.63, 3.8) is 0 Å². The van der Waals surface area contributed by atoms with E-state index in [1.165, 1.54) is 82.3 Å². The van der Waals surface area contributed by atoms with Gasteiger partial charge >= 0.3 is 6.09 Å². The summed E-state index contributed by atoms with van der Waals surface area (Å²) in [5, 5.41) is 12.4. The molecule has 1 amide bonds. The molecule has 5 rings (SSSR count). The van der Waals surface area contributed by atoms with Crippen molar-refractivity contribution < 1.29 is 9.90 Å². The molecule has 2 saturated carbocycles. The quantitative estimate of drug-likeness (QED) is 0.655. The number of hydrogen-bond acceptors (Lipinski definition) is 4. The number of carbonyl (C=O) groups is 1. The van der Waals surface area contributed by atoms with E-state index in [4.69, 9.17) is 10.1 Å². The highest BCUT2D eigenvalue weighted by molar-refractivity contribution is 7.18. The first-order valence-electron chi connectivity index (χ1n) is 10.8. The largest absolute Gasteiger partial charge is 0.465 e. The zero-order valence-electron chi connectivity index (χ0n) is 16.5. The number of nitrogens with one attached hydrogen (secondary N) is 1. The minimum absolute atomic E-state index is 0.579. The van der Waals surface area contributed by atoms with Gasteiger partial charge in [0.05, 0.1) is 15.2 Å². The highest BCUT2D eigenvalue weighted by Crippen LogP contribution is 2.43. The lowest BCUT2D eigenvalue weighted by Crippen LogP contribution is -2.46. The first kappa shape index (κ1) is 19.6. The van der Waals surface area contributed by atoms with Crippen molar-refractivity contribution in [3.05, 3.63) is 23.2 Å². The Labute approximate surface area is 171 Å². The van der Waals surface area contributed by atoms with E-state index in [-0.39, 0.29) is 0 Å². The molecular weight excluding hydrogens is 370 g/mol. The Hall–Kier alpha value is -1.66. The molecule has 0 atom stereocenters. The third-order valence-electron chi connectivity index (χ3n) is 6.28. The number of hydrogen-bond donors (Lipinski definition) is 2. The first-order valence-corrected chi connectivity index (χ1v) is 11.7. The van der Waals surface area contributed by atoms with E-state index < -0.39 is 6.09 Å². The smallest absolute Gasteiger partial charge is 0.409 e. The Balaban J connectivity index is 0.000000336. The molecule has 0 bridgehead atoms. The molecule has 0 radical (unpaired) electrons. The fourth-order valence-electron chi connectivity index (χ4n) is 4.57. The number of likely N-dealkylation sites (tertiary alicyclic amines) is 1. The normalized spacial score (nSPS) is 25.0. The van der Waals surface area contributed by atoms with Crippen LogP contribution in [0.5, 0.6) is 0 Å². The molecule has 3 fully saturated rings. The maximum atomic E-state index is 10.7. The van der Waals surface area contributed by atoms with Gasteiger partial charge in [0.1, 0.15) is 0 Å². The maximum absolute atomic E-state index is 10.7. The number of benzene rings is 1. The third-order valence-corrected chi connectivity index (χ3v) is 7.46. The molecule has 0 spiro atoms. The van der Waals surface area contributed by atoms with Gasteiger partial charge in [0.2, 0.25) is 0 Å². The molecule has 6 heteroatoms. The SMILES string of the molecule is C1CCCC1.O=C(O)Nc1ccc2nc(C3CC(N4CCCCC4)C3)sc2c1. The van der Waals surface area contributed by atoms with Crippen molar-refractivity contribution in [2.24, 2.45) is 0 Å². The summed E-state index contributed by atoms with van der Waals surface area (Å²) in [6.45, 7) is 2.53. The van der Waals surface area contributed by atoms with Crippen molar-refractivity contribution in [3.8, 4) is 0 Å². The van der Waals surface area contributed by atoms with Crippen LogP contribution in [-0.4, -0.2) is 40.2 Å². The second kappa shape index (κ2) is 9.23. The Kier molecular flexibility index (Phi) is 6.47. The van der Waals surface area contributed by atoms with Crippen LogP contribution in [0.25, 0.3) is 10.2 Å². The average molecular weight is 402 g/mol. The maximum Gasteiger partial charge on any atom is 0.409 e. The Morgan fingerprint density at radius 2 is 1.68 bits per heavy atom. The minimum atomic E-state index is -1.03. The van der Waals surface area contributed by atoms with Gasteiger partial charge in [-0.2, -0.15) is 0 Å². The van der Waals surface area contributed by atoms with E-state index in [0.717, 1.165) is 16.3 Å².